The van der Waals surface area contributed by atoms with Gasteiger partial charge in [-0.2, -0.15) is 13.2 Å². The van der Waals surface area contributed by atoms with E-state index < -0.39 is 12.8 Å². The van der Waals surface area contributed by atoms with Crippen LogP contribution >= 0.6 is 0 Å². The Balaban J connectivity index is 2.46. The van der Waals surface area contributed by atoms with Crippen LogP contribution in [0.3, 0.4) is 0 Å². The van der Waals surface area contributed by atoms with Crippen LogP contribution in [0.5, 0.6) is 0 Å². The zero-order valence-corrected chi connectivity index (χ0v) is 11.5. The van der Waals surface area contributed by atoms with Gasteiger partial charge in [-0.1, -0.05) is 39.0 Å². The van der Waals surface area contributed by atoms with E-state index in [0.717, 1.165) is 11.3 Å². The molecule has 1 rings (SSSR count). The SMILES string of the molecule is CC(C)(C)c1ccccc1NCCOCC(F)(F)F. The summed E-state index contributed by atoms with van der Waals surface area (Å²) < 4.78 is 40.2. The van der Waals surface area contributed by atoms with Gasteiger partial charge < -0.3 is 10.1 Å². The third kappa shape index (κ3) is 5.96. The monoisotopic (exact) mass is 275 g/mol. The van der Waals surface area contributed by atoms with Crippen LogP contribution in [-0.4, -0.2) is 25.9 Å². The fourth-order valence-corrected chi connectivity index (χ4v) is 1.74. The minimum Gasteiger partial charge on any atom is -0.382 e. The summed E-state index contributed by atoms with van der Waals surface area (Å²) in [6.07, 6.45) is -4.26. The Bertz CT molecular complexity index is 396. The van der Waals surface area contributed by atoms with Crippen molar-refractivity contribution >= 4 is 5.69 Å². The molecule has 108 valence electrons. The molecule has 1 N–H and O–H groups in total. The van der Waals surface area contributed by atoms with Crippen molar-refractivity contribution in [3.05, 3.63) is 29.8 Å². The quantitative estimate of drug-likeness (QED) is 0.821. The maximum absolute atomic E-state index is 11.9. The fraction of sp³-hybridized carbons (Fsp3) is 0.571. The molecule has 0 unspecified atom stereocenters. The van der Waals surface area contributed by atoms with E-state index >= 15 is 0 Å². The molecule has 0 aliphatic carbocycles. The van der Waals surface area contributed by atoms with Gasteiger partial charge in [0.2, 0.25) is 0 Å². The van der Waals surface area contributed by atoms with Gasteiger partial charge in [0.1, 0.15) is 6.61 Å². The molecule has 0 fully saturated rings. The van der Waals surface area contributed by atoms with Crippen molar-refractivity contribution < 1.29 is 17.9 Å². The molecule has 0 aliphatic heterocycles. The molecule has 1 aromatic carbocycles. The number of ether oxygens (including phenoxy) is 1. The van der Waals surface area contributed by atoms with Crippen molar-refractivity contribution in [2.24, 2.45) is 0 Å². The number of rotatable bonds is 5. The van der Waals surface area contributed by atoms with Crippen molar-refractivity contribution in [1.29, 1.82) is 0 Å². The maximum atomic E-state index is 11.9. The summed E-state index contributed by atoms with van der Waals surface area (Å²) in [5, 5.41) is 3.11. The zero-order chi connectivity index (χ0) is 14.5. The van der Waals surface area contributed by atoms with Crippen LogP contribution in [0.1, 0.15) is 26.3 Å². The molecule has 0 spiro atoms. The molecular formula is C14H20F3NO. The number of anilines is 1. The van der Waals surface area contributed by atoms with Crippen LogP contribution in [0.4, 0.5) is 18.9 Å². The van der Waals surface area contributed by atoms with Crippen molar-refractivity contribution in [3.63, 3.8) is 0 Å². The second kappa shape index (κ2) is 6.28. The number of halogens is 3. The van der Waals surface area contributed by atoms with Crippen molar-refractivity contribution in [3.8, 4) is 0 Å². The van der Waals surface area contributed by atoms with Gasteiger partial charge in [-0.15, -0.1) is 0 Å². The normalized spacial score (nSPS) is 12.5. The number of alkyl halides is 3. The van der Waals surface area contributed by atoms with Crippen LogP contribution in [0.25, 0.3) is 0 Å². The molecule has 0 aromatic heterocycles. The predicted molar refractivity (Wildman–Crippen MR) is 70.5 cm³/mol. The highest BCUT2D eigenvalue weighted by Gasteiger charge is 2.27. The minimum atomic E-state index is -4.26. The van der Waals surface area contributed by atoms with Gasteiger partial charge in [-0.25, -0.2) is 0 Å². The Hall–Kier alpha value is -1.23. The predicted octanol–water partition coefficient (Wildman–Crippen LogP) is 3.97. The molecule has 0 amide bonds. The van der Waals surface area contributed by atoms with E-state index in [1.807, 2.05) is 24.3 Å². The lowest BCUT2D eigenvalue weighted by molar-refractivity contribution is -0.172. The molecule has 0 aliphatic rings. The lowest BCUT2D eigenvalue weighted by atomic mass is 9.86. The average molecular weight is 275 g/mol. The average Bonchev–Trinajstić information content (AvgIpc) is 2.26. The molecule has 19 heavy (non-hydrogen) atoms. The first-order chi connectivity index (χ1) is 8.70. The lowest BCUT2D eigenvalue weighted by Gasteiger charge is -2.23. The first-order valence-corrected chi connectivity index (χ1v) is 6.18. The molecule has 1 aromatic rings. The molecular weight excluding hydrogens is 255 g/mol. The Morgan fingerprint density at radius 3 is 2.32 bits per heavy atom. The van der Waals surface area contributed by atoms with Crippen molar-refractivity contribution in [2.45, 2.75) is 32.4 Å². The summed E-state index contributed by atoms with van der Waals surface area (Å²) in [7, 11) is 0. The topological polar surface area (TPSA) is 21.3 Å². The van der Waals surface area contributed by atoms with Crippen LogP contribution in [0, 0.1) is 0 Å². The summed E-state index contributed by atoms with van der Waals surface area (Å²) in [5.74, 6) is 0. The summed E-state index contributed by atoms with van der Waals surface area (Å²) in [5.41, 5.74) is 2.05. The molecule has 0 atom stereocenters. The first kappa shape index (κ1) is 15.8. The highest BCUT2D eigenvalue weighted by Crippen LogP contribution is 2.28. The van der Waals surface area contributed by atoms with Crippen LogP contribution in [0.15, 0.2) is 24.3 Å². The van der Waals surface area contributed by atoms with Crippen LogP contribution < -0.4 is 5.32 Å². The third-order valence-electron chi connectivity index (χ3n) is 2.56. The molecule has 0 heterocycles. The standard InChI is InChI=1S/C14H20F3NO/c1-13(2,3)11-6-4-5-7-12(11)18-8-9-19-10-14(15,16)17/h4-7,18H,8-10H2,1-3H3. The van der Waals surface area contributed by atoms with Crippen LogP contribution in [-0.2, 0) is 10.2 Å². The van der Waals surface area contributed by atoms with Gasteiger partial charge in [0.15, 0.2) is 0 Å². The van der Waals surface area contributed by atoms with Crippen LogP contribution in [0.2, 0.25) is 0 Å². The first-order valence-electron chi connectivity index (χ1n) is 6.18. The minimum absolute atomic E-state index is 0.0174. The highest BCUT2D eigenvalue weighted by molar-refractivity contribution is 5.54. The van der Waals surface area contributed by atoms with E-state index in [-0.39, 0.29) is 12.0 Å². The van der Waals surface area contributed by atoms with Gasteiger partial charge >= 0.3 is 6.18 Å². The summed E-state index contributed by atoms with van der Waals surface area (Å²) in [6.45, 7) is 5.45. The smallest absolute Gasteiger partial charge is 0.382 e. The molecule has 2 nitrogen and oxygen atoms in total. The van der Waals surface area contributed by atoms with Gasteiger partial charge in [0.05, 0.1) is 6.61 Å². The van der Waals surface area contributed by atoms with E-state index in [1.54, 1.807) is 0 Å². The second-order valence-corrected chi connectivity index (χ2v) is 5.39. The number of nitrogens with one attached hydrogen (secondary N) is 1. The Labute approximate surface area is 112 Å². The Kier molecular flexibility index (Phi) is 5.23. The van der Waals surface area contributed by atoms with E-state index in [0.29, 0.717) is 6.54 Å². The molecule has 0 radical (unpaired) electrons. The number of para-hydroxylation sites is 1. The third-order valence-corrected chi connectivity index (χ3v) is 2.56. The van der Waals surface area contributed by atoms with Gasteiger partial charge in [0.25, 0.3) is 0 Å². The second-order valence-electron chi connectivity index (χ2n) is 5.39. The fourth-order valence-electron chi connectivity index (χ4n) is 1.74. The summed E-state index contributed by atoms with van der Waals surface area (Å²) in [4.78, 5) is 0. The van der Waals surface area contributed by atoms with E-state index in [2.05, 4.69) is 30.8 Å². The Morgan fingerprint density at radius 1 is 1.11 bits per heavy atom. The van der Waals surface area contributed by atoms with Crippen molar-refractivity contribution in [1.82, 2.24) is 0 Å². The van der Waals surface area contributed by atoms with Gasteiger partial charge in [-0.3, -0.25) is 0 Å². The van der Waals surface area contributed by atoms with Gasteiger partial charge in [0, 0.05) is 12.2 Å². The zero-order valence-electron chi connectivity index (χ0n) is 11.5. The molecule has 0 bridgehead atoms. The summed E-state index contributed by atoms with van der Waals surface area (Å²) in [6, 6.07) is 7.78. The molecule has 0 saturated heterocycles. The lowest BCUT2D eigenvalue weighted by Crippen LogP contribution is -2.21. The number of benzene rings is 1. The number of hydrogen-bond acceptors (Lipinski definition) is 2. The van der Waals surface area contributed by atoms with E-state index in [1.165, 1.54) is 0 Å². The summed E-state index contributed by atoms with van der Waals surface area (Å²) >= 11 is 0. The van der Waals surface area contributed by atoms with E-state index in [9.17, 15) is 13.2 Å². The largest absolute Gasteiger partial charge is 0.411 e. The number of hydrogen-bond donors (Lipinski definition) is 1. The molecule has 0 saturated carbocycles. The molecule has 5 heteroatoms. The van der Waals surface area contributed by atoms with E-state index in [4.69, 9.17) is 0 Å². The van der Waals surface area contributed by atoms with Gasteiger partial charge in [-0.05, 0) is 17.0 Å². The maximum Gasteiger partial charge on any atom is 0.411 e. The van der Waals surface area contributed by atoms with Crippen molar-refractivity contribution in [2.75, 3.05) is 25.1 Å². The highest BCUT2D eigenvalue weighted by atomic mass is 19.4. The Morgan fingerprint density at radius 2 is 1.74 bits per heavy atom.